The lowest BCUT2D eigenvalue weighted by Gasteiger charge is -2.05. The number of nitrogens with zero attached hydrogens (tertiary/aromatic N) is 1. The van der Waals surface area contributed by atoms with Gasteiger partial charge >= 0.3 is 0 Å². The molecule has 112 valence electrons. The molecule has 0 amide bonds. The third-order valence-corrected chi connectivity index (χ3v) is 5.09. The van der Waals surface area contributed by atoms with E-state index < -0.39 is 0 Å². The second-order valence-corrected chi connectivity index (χ2v) is 6.82. The molecule has 0 saturated heterocycles. The highest BCUT2D eigenvalue weighted by Crippen LogP contribution is 2.33. The van der Waals surface area contributed by atoms with Crippen LogP contribution in [0.25, 0.3) is 22.0 Å². The second kappa shape index (κ2) is 6.20. The number of rotatable bonds is 3. The van der Waals surface area contributed by atoms with Gasteiger partial charge in [-0.3, -0.25) is 0 Å². The summed E-state index contributed by atoms with van der Waals surface area (Å²) in [4.78, 5) is 0. The number of aromatic nitrogens is 1. The minimum atomic E-state index is 0.894. The molecule has 4 aromatic rings. The highest BCUT2D eigenvalue weighted by molar-refractivity contribution is 14.1. The Kier molecular flexibility index (Phi) is 3.92. The van der Waals surface area contributed by atoms with Gasteiger partial charge in [-0.25, -0.2) is 0 Å². The fourth-order valence-electron chi connectivity index (χ4n) is 3.05. The molecule has 0 radical (unpaired) electrons. The lowest BCUT2D eigenvalue weighted by Crippen LogP contribution is -1.97. The SMILES string of the molecule is Ic1ccccc1-c1cn(Cc2ccccc2)c2ccccc12. The highest BCUT2D eigenvalue weighted by atomic mass is 127. The first-order valence-corrected chi connectivity index (χ1v) is 8.77. The highest BCUT2D eigenvalue weighted by Gasteiger charge is 2.12. The van der Waals surface area contributed by atoms with Crippen LogP contribution in [-0.2, 0) is 6.54 Å². The normalized spacial score (nSPS) is 11.0. The second-order valence-electron chi connectivity index (χ2n) is 5.65. The van der Waals surface area contributed by atoms with Crippen molar-refractivity contribution in [3.63, 3.8) is 0 Å². The van der Waals surface area contributed by atoms with Crippen LogP contribution in [0.3, 0.4) is 0 Å². The van der Waals surface area contributed by atoms with Gasteiger partial charge in [-0.2, -0.15) is 0 Å². The first-order valence-electron chi connectivity index (χ1n) is 7.69. The number of para-hydroxylation sites is 1. The van der Waals surface area contributed by atoms with E-state index in [1.807, 2.05) is 0 Å². The molecule has 0 N–H and O–H groups in total. The molecule has 0 spiro atoms. The summed E-state index contributed by atoms with van der Waals surface area (Å²) in [5.74, 6) is 0. The summed E-state index contributed by atoms with van der Waals surface area (Å²) >= 11 is 2.42. The zero-order valence-corrected chi connectivity index (χ0v) is 14.8. The van der Waals surface area contributed by atoms with E-state index in [-0.39, 0.29) is 0 Å². The Balaban J connectivity index is 1.89. The van der Waals surface area contributed by atoms with Gasteiger partial charge in [-0.15, -0.1) is 0 Å². The molecule has 4 rings (SSSR count). The van der Waals surface area contributed by atoms with Gasteiger partial charge in [0.2, 0.25) is 0 Å². The zero-order chi connectivity index (χ0) is 15.6. The van der Waals surface area contributed by atoms with Crippen LogP contribution in [0.4, 0.5) is 0 Å². The Labute approximate surface area is 149 Å². The van der Waals surface area contributed by atoms with Crippen molar-refractivity contribution in [2.45, 2.75) is 6.54 Å². The molecule has 23 heavy (non-hydrogen) atoms. The van der Waals surface area contributed by atoms with Gasteiger partial charge in [-0.1, -0.05) is 66.7 Å². The lowest BCUT2D eigenvalue weighted by molar-refractivity contribution is 0.837. The Hall–Kier alpha value is -2.07. The molecule has 3 aromatic carbocycles. The van der Waals surface area contributed by atoms with Crippen LogP contribution in [0.2, 0.25) is 0 Å². The number of hydrogen-bond acceptors (Lipinski definition) is 0. The van der Waals surface area contributed by atoms with Crippen molar-refractivity contribution in [2.75, 3.05) is 0 Å². The van der Waals surface area contributed by atoms with E-state index in [1.165, 1.54) is 31.2 Å². The Morgan fingerprint density at radius 2 is 1.39 bits per heavy atom. The summed E-state index contributed by atoms with van der Waals surface area (Å²) in [5, 5.41) is 1.31. The summed E-state index contributed by atoms with van der Waals surface area (Å²) in [5.41, 5.74) is 5.21. The van der Waals surface area contributed by atoms with Crippen LogP contribution in [0.15, 0.2) is 85.1 Å². The molecule has 0 aliphatic heterocycles. The van der Waals surface area contributed by atoms with Crippen molar-refractivity contribution in [1.29, 1.82) is 0 Å². The van der Waals surface area contributed by atoms with Gasteiger partial charge in [0.25, 0.3) is 0 Å². The smallest absolute Gasteiger partial charge is 0.0489 e. The fourth-order valence-corrected chi connectivity index (χ4v) is 3.73. The monoisotopic (exact) mass is 409 g/mol. The maximum absolute atomic E-state index is 2.42. The first-order chi connectivity index (χ1) is 11.3. The van der Waals surface area contributed by atoms with E-state index in [1.54, 1.807) is 0 Å². The zero-order valence-electron chi connectivity index (χ0n) is 12.6. The van der Waals surface area contributed by atoms with Crippen molar-refractivity contribution >= 4 is 33.5 Å². The summed E-state index contributed by atoms with van der Waals surface area (Å²) < 4.78 is 3.64. The van der Waals surface area contributed by atoms with Gasteiger partial charge < -0.3 is 4.57 Å². The largest absolute Gasteiger partial charge is 0.342 e. The first kappa shape index (κ1) is 14.5. The average Bonchev–Trinajstić information content (AvgIpc) is 2.95. The minimum Gasteiger partial charge on any atom is -0.342 e. The van der Waals surface area contributed by atoms with Gasteiger partial charge in [0.15, 0.2) is 0 Å². The third-order valence-electron chi connectivity index (χ3n) is 4.15. The molecule has 0 bridgehead atoms. The van der Waals surface area contributed by atoms with Crippen LogP contribution in [0.5, 0.6) is 0 Å². The molecule has 0 unspecified atom stereocenters. The number of benzene rings is 3. The van der Waals surface area contributed by atoms with Crippen molar-refractivity contribution in [2.24, 2.45) is 0 Å². The average molecular weight is 409 g/mol. The van der Waals surface area contributed by atoms with Gasteiger partial charge in [0, 0.05) is 32.8 Å². The van der Waals surface area contributed by atoms with Crippen LogP contribution < -0.4 is 0 Å². The molecular formula is C21H16IN. The van der Waals surface area contributed by atoms with E-state index in [9.17, 15) is 0 Å². The molecule has 0 aliphatic carbocycles. The van der Waals surface area contributed by atoms with E-state index in [2.05, 4.69) is 112 Å². The number of fused-ring (bicyclic) bond motifs is 1. The van der Waals surface area contributed by atoms with Crippen molar-refractivity contribution in [3.8, 4) is 11.1 Å². The molecule has 1 aromatic heterocycles. The maximum Gasteiger partial charge on any atom is 0.0489 e. The Morgan fingerprint density at radius 3 is 2.22 bits per heavy atom. The minimum absolute atomic E-state index is 0.894. The molecule has 0 saturated carbocycles. The molecule has 0 fully saturated rings. The standard InChI is InChI=1S/C21H16IN/c22-20-12-6-4-10-17(20)19-15-23(14-16-8-2-1-3-9-16)21-13-7-5-11-18(19)21/h1-13,15H,14H2. The molecule has 2 heteroatoms. The fraction of sp³-hybridized carbons (Fsp3) is 0.0476. The summed E-state index contributed by atoms with van der Waals surface area (Å²) in [6.07, 6.45) is 2.29. The van der Waals surface area contributed by atoms with Crippen molar-refractivity contribution < 1.29 is 0 Å². The number of hydrogen-bond donors (Lipinski definition) is 0. The molecule has 0 atom stereocenters. The van der Waals surface area contributed by atoms with E-state index in [0.29, 0.717) is 0 Å². The Morgan fingerprint density at radius 1 is 0.696 bits per heavy atom. The van der Waals surface area contributed by atoms with E-state index in [0.717, 1.165) is 6.54 Å². The van der Waals surface area contributed by atoms with Crippen LogP contribution >= 0.6 is 22.6 Å². The third kappa shape index (κ3) is 2.79. The molecule has 0 aliphatic rings. The summed E-state index contributed by atoms with van der Waals surface area (Å²) in [7, 11) is 0. The molecular weight excluding hydrogens is 393 g/mol. The quantitative estimate of drug-likeness (QED) is 0.368. The van der Waals surface area contributed by atoms with Crippen LogP contribution in [0.1, 0.15) is 5.56 Å². The van der Waals surface area contributed by atoms with Crippen molar-refractivity contribution in [1.82, 2.24) is 4.57 Å². The lowest BCUT2D eigenvalue weighted by atomic mass is 10.1. The van der Waals surface area contributed by atoms with E-state index >= 15 is 0 Å². The van der Waals surface area contributed by atoms with Crippen LogP contribution in [-0.4, -0.2) is 4.57 Å². The Bertz CT molecular complexity index is 954. The molecule has 1 nitrogen and oxygen atoms in total. The number of halogens is 1. The van der Waals surface area contributed by atoms with Gasteiger partial charge in [-0.05, 0) is 45.9 Å². The maximum atomic E-state index is 2.42. The predicted octanol–water partition coefficient (Wildman–Crippen LogP) is 5.96. The summed E-state index contributed by atoms with van der Waals surface area (Å²) in [6, 6.07) is 27.9. The van der Waals surface area contributed by atoms with Crippen molar-refractivity contribution in [3.05, 3.63) is 94.2 Å². The summed E-state index contributed by atoms with van der Waals surface area (Å²) in [6.45, 7) is 0.894. The van der Waals surface area contributed by atoms with Crippen LogP contribution in [0, 0.1) is 3.57 Å². The topological polar surface area (TPSA) is 4.93 Å². The molecule has 1 heterocycles. The predicted molar refractivity (Wildman–Crippen MR) is 106 cm³/mol. The van der Waals surface area contributed by atoms with E-state index in [4.69, 9.17) is 0 Å². The van der Waals surface area contributed by atoms with Gasteiger partial charge in [0.05, 0.1) is 0 Å². The van der Waals surface area contributed by atoms with Gasteiger partial charge in [0.1, 0.15) is 0 Å².